The predicted molar refractivity (Wildman–Crippen MR) is 63.4 cm³/mol. The van der Waals surface area contributed by atoms with Gasteiger partial charge in [-0.3, -0.25) is 4.68 Å². The van der Waals surface area contributed by atoms with Gasteiger partial charge in [-0.1, -0.05) is 35.9 Å². The SMILES string of the molecule is Cc1ccccc1C(O)Cn1cc(Cl)cn1. The lowest BCUT2D eigenvalue weighted by Gasteiger charge is -2.13. The topological polar surface area (TPSA) is 38.0 Å². The van der Waals surface area contributed by atoms with Gasteiger partial charge >= 0.3 is 0 Å². The van der Waals surface area contributed by atoms with Crippen LogP contribution in [-0.2, 0) is 6.54 Å². The molecule has 2 aromatic rings. The average molecular weight is 237 g/mol. The zero-order valence-corrected chi connectivity index (χ0v) is 9.72. The van der Waals surface area contributed by atoms with Crippen molar-refractivity contribution in [3.05, 3.63) is 52.8 Å². The first-order valence-corrected chi connectivity index (χ1v) is 5.46. The van der Waals surface area contributed by atoms with E-state index in [4.69, 9.17) is 11.6 Å². The summed E-state index contributed by atoms with van der Waals surface area (Å²) in [5.41, 5.74) is 2.00. The first-order chi connectivity index (χ1) is 7.66. The van der Waals surface area contributed by atoms with Gasteiger partial charge in [-0.25, -0.2) is 0 Å². The summed E-state index contributed by atoms with van der Waals surface area (Å²) in [7, 11) is 0. The van der Waals surface area contributed by atoms with Gasteiger partial charge in [0.2, 0.25) is 0 Å². The Morgan fingerprint density at radius 3 is 2.81 bits per heavy atom. The second-order valence-corrected chi connectivity index (χ2v) is 4.19. The van der Waals surface area contributed by atoms with Crippen LogP contribution in [0.2, 0.25) is 5.02 Å². The number of aliphatic hydroxyl groups excluding tert-OH is 1. The molecule has 0 saturated carbocycles. The van der Waals surface area contributed by atoms with Crippen LogP contribution in [-0.4, -0.2) is 14.9 Å². The second-order valence-electron chi connectivity index (χ2n) is 3.75. The molecule has 84 valence electrons. The van der Waals surface area contributed by atoms with Crippen LogP contribution in [0.5, 0.6) is 0 Å². The number of aryl methyl sites for hydroxylation is 1. The van der Waals surface area contributed by atoms with Gasteiger partial charge in [-0.2, -0.15) is 5.10 Å². The highest BCUT2D eigenvalue weighted by Gasteiger charge is 2.10. The standard InChI is InChI=1S/C12H13ClN2O/c1-9-4-2-3-5-11(9)12(16)8-15-7-10(13)6-14-15/h2-7,12,16H,8H2,1H3. The number of benzene rings is 1. The minimum atomic E-state index is -0.558. The van der Waals surface area contributed by atoms with Gasteiger partial charge < -0.3 is 5.11 Å². The summed E-state index contributed by atoms with van der Waals surface area (Å²) in [6.07, 6.45) is 2.70. The third kappa shape index (κ3) is 2.43. The molecule has 0 saturated heterocycles. The van der Waals surface area contributed by atoms with Gasteiger partial charge in [0.15, 0.2) is 0 Å². The lowest BCUT2D eigenvalue weighted by Crippen LogP contribution is -2.10. The van der Waals surface area contributed by atoms with Gasteiger partial charge in [0.1, 0.15) is 0 Å². The fourth-order valence-electron chi connectivity index (χ4n) is 1.67. The molecular formula is C12H13ClN2O. The van der Waals surface area contributed by atoms with E-state index in [0.29, 0.717) is 11.6 Å². The summed E-state index contributed by atoms with van der Waals surface area (Å²) in [6, 6.07) is 7.78. The molecule has 0 fully saturated rings. The first kappa shape index (κ1) is 11.2. The molecule has 1 atom stereocenters. The van der Waals surface area contributed by atoms with E-state index < -0.39 is 6.10 Å². The Kier molecular flexibility index (Phi) is 3.27. The van der Waals surface area contributed by atoms with E-state index in [9.17, 15) is 5.11 Å². The number of nitrogens with zero attached hydrogens (tertiary/aromatic N) is 2. The molecule has 1 unspecified atom stereocenters. The van der Waals surface area contributed by atoms with E-state index in [0.717, 1.165) is 11.1 Å². The molecule has 1 aromatic carbocycles. The lowest BCUT2D eigenvalue weighted by molar-refractivity contribution is 0.151. The van der Waals surface area contributed by atoms with E-state index in [1.165, 1.54) is 0 Å². The maximum atomic E-state index is 10.1. The van der Waals surface area contributed by atoms with Crippen LogP contribution in [0.25, 0.3) is 0 Å². The number of aromatic nitrogens is 2. The van der Waals surface area contributed by atoms with Crippen LogP contribution in [0.3, 0.4) is 0 Å². The highest BCUT2D eigenvalue weighted by Crippen LogP contribution is 2.19. The van der Waals surface area contributed by atoms with E-state index >= 15 is 0 Å². The second kappa shape index (κ2) is 4.68. The van der Waals surface area contributed by atoms with Gasteiger partial charge in [0.05, 0.1) is 23.9 Å². The van der Waals surface area contributed by atoms with Crippen molar-refractivity contribution >= 4 is 11.6 Å². The molecule has 0 radical (unpaired) electrons. The summed E-state index contributed by atoms with van der Waals surface area (Å²) < 4.78 is 1.64. The number of rotatable bonds is 3. The first-order valence-electron chi connectivity index (χ1n) is 5.08. The third-order valence-corrected chi connectivity index (χ3v) is 2.70. The van der Waals surface area contributed by atoms with Crippen molar-refractivity contribution in [3.63, 3.8) is 0 Å². The van der Waals surface area contributed by atoms with E-state index in [1.54, 1.807) is 17.1 Å². The van der Waals surface area contributed by atoms with Crippen molar-refractivity contribution in [3.8, 4) is 0 Å². The highest BCUT2D eigenvalue weighted by molar-refractivity contribution is 6.30. The molecule has 3 nitrogen and oxygen atoms in total. The zero-order chi connectivity index (χ0) is 11.5. The molecule has 0 amide bonds. The summed E-state index contributed by atoms with van der Waals surface area (Å²) >= 11 is 5.76. The van der Waals surface area contributed by atoms with Crippen molar-refractivity contribution in [2.75, 3.05) is 0 Å². The van der Waals surface area contributed by atoms with Crippen LogP contribution < -0.4 is 0 Å². The van der Waals surface area contributed by atoms with Gasteiger partial charge in [-0.15, -0.1) is 0 Å². The molecule has 0 spiro atoms. The molecule has 0 aliphatic heterocycles. The number of aliphatic hydroxyl groups is 1. The zero-order valence-electron chi connectivity index (χ0n) is 8.97. The average Bonchev–Trinajstić information content (AvgIpc) is 2.64. The van der Waals surface area contributed by atoms with Crippen LogP contribution in [0.4, 0.5) is 0 Å². The number of hydrogen-bond acceptors (Lipinski definition) is 2. The summed E-state index contributed by atoms with van der Waals surface area (Å²) in [5, 5.41) is 14.7. The van der Waals surface area contributed by atoms with Crippen LogP contribution >= 0.6 is 11.6 Å². The Labute approximate surface area is 99.3 Å². The minimum absolute atomic E-state index is 0.414. The van der Waals surface area contributed by atoms with Crippen molar-refractivity contribution < 1.29 is 5.11 Å². The maximum Gasteiger partial charge on any atom is 0.0988 e. The van der Waals surface area contributed by atoms with Crippen LogP contribution in [0.1, 0.15) is 17.2 Å². The maximum absolute atomic E-state index is 10.1. The monoisotopic (exact) mass is 236 g/mol. The quantitative estimate of drug-likeness (QED) is 0.890. The van der Waals surface area contributed by atoms with Crippen LogP contribution in [0.15, 0.2) is 36.7 Å². The molecule has 16 heavy (non-hydrogen) atoms. The smallest absolute Gasteiger partial charge is 0.0988 e. The Morgan fingerprint density at radius 2 is 2.19 bits per heavy atom. The summed E-state index contributed by atoms with van der Waals surface area (Å²) in [4.78, 5) is 0. The summed E-state index contributed by atoms with van der Waals surface area (Å²) in [5.74, 6) is 0. The number of hydrogen-bond donors (Lipinski definition) is 1. The molecule has 0 bridgehead atoms. The van der Waals surface area contributed by atoms with Crippen molar-refractivity contribution in [1.82, 2.24) is 9.78 Å². The Morgan fingerprint density at radius 1 is 1.44 bits per heavy atom. The molecule has 2 rings (SSSR count). The molecule has 4 heteroatoms. The molecule has 0 aliphatic carbocycles. The van der Waals surface area contributed by atoms with Crippen LogP contribution in [0, 0.1) is 6.92 Å². The fraction of sp³-hybridized carbons (Fsp3) is 0.250. The largest absolute Gasteiger partial charge is 0.386 e. The van der Waals surface area contributed by atoms with E-state index in [-0.39, 0.29) is 0 Å². The molecule has 0 aliphatic rings. The van der Waals surface area contributed by atoms with E-state index in [2.05, 4.69) is 5.10 Å². The highest BCUT2D eigenvalue weighted by atomic mass is 35.5. The normalized spacial score (nSPS) is 12.7. The van der Waals surface area contributed by atoms with Gasteiger partial charge in [-0.05, 0) is 18.1 Å². The molecule has 1 aromatic heterocycles. The number of halogens is 1. The Balaban J connectivity index is 2.14. The molecule has 1 heterocycles. The predicted octanol–water partition coefficient (Wildman–Crippen LogP) is 2.58. The lowest BCUT2D eigenvalue weighted by atomic mass is 10.0. The Hall–Kier alpha value is -1.32. The van der Waals surface area contributed by atoms with Gasteiger partial charge in [0, 0.05) is 6.20 Å². The molecular weight excluding hydrogens is 224 g/mol. The third-order valence-electron chi connectivity index (χ3n) is 2.51. The van der Waals surface area contributed by atoms with Crippen molar-refractivity contribution in [2.24, 2.45) is 0 Å². The van der Waals surface area contributed by atoms with Crippen molar-refractivity contribution in [1.29, 1.82) is 0 Å². The van der Waals surface area contributed by atoms with Crippen molar-refractivity contribution in [2.45, 2.75) is 19.6 Å². The molecule has 1 N–H and O–H groups in total. The fourth-order valence-corrected chi connectivity index (χ4v) is 1.83. The van der Waals surface area contributed by atoms with Gasteiger partial charge in [0.25, 0.3) is 0 Å². The van der Waals surface area contributed by atoms with E-state index in [1.807, 2.05) is 31.2 Å². The Bertz CT molecular complexity index is 481. The minimum Gasteiger partial charge on any atom is -0.386 e. The summed E-state index contributed by atoms with van der Waals surface area (Å²) in [6.45, 7) is 2.40.